The molecule has 0 aliphatic rings. The molecule has 0 N–H and O–H groups in total. The molecule has 0 amide bonds. The maximum atomic E-state index is 11.3. The number of hydrogen-bond donors (Lipinski definition) is 0. The lowest BCUT2D eigenvalue weighted by Gasteiger charge is -2.02. The van der Waals surface area contributed by atoms with E-state index in [0.717, 1.165) is 0 Å². The lowest BCUT2D eigenvalue weighted by atomic mass is 10.2. The number of aromatic nitrogens is 3. The average Bonchev–Trinajstić information content (AvgIpc) is 2.18. The van der Waals surface area contributed by atoms with Gasteiger partial charge in [0.25, 0.3) is 0 Å². The third-order valence-corrected chi connectivity index (χ3v) is 1.50. The summed E-state index contributed by atoms with van der Waals surface area (Å²) in [5, 5.41) is 7.22. The van der Waals surface area contributed by atoms with Crippen molar-refractivity contribution >= 4 is 5.97 Å². The molecule has 0 aromatic carbocycles. The van der Waals surface area contributed by atoms with E-state index in [0.29, 0.717) is 18.7 Å². The minimum absolute atomic E-state index is 0.215. The van der Waals surface area contributed by atoms with Gasteiger partial charge >= 0.3 is 5.97 Å². The second-order valence-electron chi connectivity index (χ2n) is 2.33. The van der Waals surface area contributed by atoms with E-state index >= 15 is 0 Å². The molecule has 5 nitrogen and oxygen atoms in total. The zero-order valence-electron chi connectivity index (χ0n) is 7.65. The first-order valence-electron chi connectivity index (χ1n) is 4.13. The molecule has 0 radical (unpaired) electrons. The van der Waals surface area contributed by atoms with Crippen LogP contribution in [0.5, 0.6) is 0 Å². The summed E-state index contributed by atoms with van der Waals surface area (Å²) in [4.78, 5) is 15.2. The van der Waals surface area contributed by atoms with Crippen molar-refractivity contribution in [2.75, 3.05) is 6.61 Å². The van der Waals surface area contributed by atoms with Gasteiger partial charge in [0.05, 0.1) is 12.3 Å². The van der Waals surface area contributed by atoms with Crippen LogP contribution in [-0.2, 0) is 11.2 Å². The highest BCUT2D eigenvalue weighted by Gasteiger charge is 2.14. The molecule has 0 fully saturated rings. The molecule has 1 heterocycles. The van der Waals surface area contributed by atoms with Crippen molar-refractivity contribution in [1.82, 2.24) is 15.2 Å². The predicted molar refractivity (Wildman–Crippen MR) is 45.2 cm³/mol. The lowest BCUT2D eigenvalue weighted by Crippen LogP contribution is -2.12. The van der Waals surface area contributed by atoms with Crippen molar-refractivity contribution in [3.63, 3.8) is 0 Å². The fourth-order valence-electron chi connectivity index (χ4n) is 0.915. The smallest absolute Gasteiger partial charge is 0.360 e. The first kappa shape index (κ1) is 9.57. The highest BCUT2D eigenvalue weighted by Crippen LogP contribution is 2.02. The Morgan fingerprint density at radius 2 is 2.31 bits per heavy atom. The number of esters is 1. The van der Waals surface area contributed by atoms with Crippen molar-refractivity contribution in [3.05, 3.63) is 17.7 Å². The van der Waals surface area contributed by atoms with Crippen molar-refractivity contribution in [2.45, 2.75) is 20.3 Å². The summed E-state index contributed by atoms with van der Waals surface area (Å²) in [7, 11) is 0. The summed E-state index contributed by atoms with van der Waals surface area (Å²) < 4.78 is 4.79. The average molecular weight is 181 g/mol. The Morgan fingerprint density at radius 3 is 2.92 bits per heavy atom. The summed E-state index contributed by atoms with van der Waals surface area (Å²) in [5.74, 6) is -0.458. The third kappa shape index (κ3) is 2.21. The zero-order chi connectivity index (χ0) is 9.68. The van der Waals surface area contributed by atoms with Gasteiger partial charge in [-0.15, -0.1) is 10.2 Å². The van der Waals surface area contributed by atoms with Crippen molar-refractivity contribution < 1.29 is 9.53 Å². The first-order valence-corrected chi connectivity index (χ1v) is 4.13. The first-order chi connectivity index (χ1) is 6.29. The van der Waals surface area contributed by atoms with Gasteiger partial charge in [-0.25, -0.2) is 9.78 Å². The van der Waals surface area contributed by atoms with Crippen LogP contribution in [0.3, 0.4) is 0 Å². The van der Waals surface area contributed by atoms with Crippen LogP contribution in [-0.4, -0.2) is 27.8 Å². The van der Waals surface area contributed by atoms with Crippen LogP contribution in [0.25, 0.3) is 0 Å². The van der Waals surface area contributed by atoms with Gasteiger partial charge in [-0.2, -0.15) is 0 Å². The molecule has 0 atom stereocenters. The van der Waals surface area contributed by atoms with E-state index in [2.05, 4.69) is 15.2 Å². The molecule has 0 spiro atoms. The van der Waals surface area contributed by atoms with E-state index in [1.165, 1.54) is 6.33 Å². The molecule has 1 rings (SSSR count). The number of carbonyl (C=O) groups is 1. The second kappa shape index (κ2) is 4.49. The third-order valence-electron chi connectivity index (χ3n) is 1.50. The Balaban J connectivity index is 2.92. The molecule has 13 heavy (non-hydrogen) atoms. The number of carbonyl (C=O) groups excluding carboxylic acids is 1. The van der Waals surface area contributed by atoms with Crippen LogP contribution < -0.4 is 0 Å². The van der Waals surface area contributed by atoms with Crippen LogP contribution in [0, 0.1) is 0 Å². The molecule has 1 aromatic rings. The maximum absolute atomic E-state index is 11.3. The minimum Gasteiger partial charge on any atom is -0.461 e. The summed E-state index contributed by atoms with van der Waals surface area (Å²) in [6.07, 6.45) is 1.96. The van der Waals surface area contributed by atoms with Crippen LogP contribution in [0.1, 0.15) is 30.0 Å². The number of nitrogens with zero attached hydrogens (tertiary/aromatic N) is 3. The quantitative estimate of drug-likeness (QED) is 0.639. The standard InChI is InChI=1S/C8H11N3O2/c1-3-6-7(8(12)13-4-2)11-10-5-9-6/h5H,3-4H2,1-2H3. The molecule has 0 saturated heterocycles. The van der Waals surface area contributed by atoms with E-state index < -0.39 is 5.97 Å². The summed E-state index contributed by atoms with van der Waals surface area (Å²) in [5.41, 5.74) is 0.834. The van der Waals surface area contributed by atoms with Crippen molar-refractivity contribution in [2.24, 2.45) is 0 Å². The Bertz CT molecular complexity index is 301. The number of aryl methyl sites for hydroxylation is 1. The Kier molecular flexibility index (Phi) is 3.31. The second-order valence-corrected chi connectivity index (χ2v) is 2.33. The highest BCUT2D eigenvalue weighted by molar-refractivity contribution is 5.88. The fraction of sp³-hybridized carbons (Fsp3) is 0.500. The van der Waals surface area contributed by atoms with E-state index in [1.807, 2.05) is 6.92 Å². The molecular weight excluding hydrogens is 170 g/mol. The number of hydrogen-bond acceptors (Lipinski definition) is 5. The van der Waals surface area contributed by atoms with Gasteiger partial charge in [0.1, 0.15) is 6.33 Å². The molecule has 5 heteroatoms. The molecule has 0 aliphatic heterocycles. The summed E-state index contributed by atoms with van der Waals surface area (Å²) in [6, 6.07) is 0. The molecule has 0 unspecified atom stereocenters. The number of rotatable bonds is 3. The molecule has 70 valence electrons. The minimum atomic E-state index is -0.458. The van der Waals surface area contributed by atoms with Crippen LogP contribution >= 0.6 is 0 Å². The summed E-state index contributed by atoms with van der Waals surface area (Å²) >= 11 is 0. The monoisotopic (exact) mass is 181 g/mol. The topological polar surface area (TPSA) is 65.0 Å². The Labute approximate surface area is 76.2 Å². The van der Waals surface area contributed by atoms with Gasteiger partial charge in [-0.05, 0) is 13.3 Å². The highest BCUT2D eigenvalue weighted by atomic mass is 16.5. The zero-order valence-corrected chi connectivity index (χ0v) is 7.65. The van der Waals surface area contributed by atoms with Gasteiger partial charge in [-0.1, -0.05) is 6.92 Å². The molecule has 0 saturated carbocycles. The van der Waals surface area contributed by atoms with E-state index in [9.17, 15) is 4.79 Å². The Hall–Kier alpha value is -1.52. The van der Waals surface area contributed by atoms with Crippen LogP contribution in [0.4, 0.5) is 0 Å². The van der Waals surface area contributed by atoms with Crippen LogP contribution in [0.2, 0.25) is 0 Å². The molecule has 0 bridgehead atoms. The fourth-order valence-corrected chi connectivity index (χ4v) is 0.915. The van der Waals surface area contributed by atoms with Gasteiger partial charge in [-0.3, -0.25) is 0 Å². The van der Waals surface area contributed by atoms with Gasteiger partial charge in [0, 0.05) is 0 Å². The van der Waals surface area contributed by atoms with Gasteiger partial charge in [0.2, 0.25) is 0 Å². The van der Waals surface area contributed by atoms with Crippen molar-refractivity contribution in [3.8, 4) is 0 Å². The van der Waals surface area contributed by atoms with Gasteiger partial charge in [0.15, 0.2) is 5.69 Å². The normalized spacial score (nSPS) is 9.69. The largest absolute Gasteiger partial charge is 0.461 e. The lowest BCUT2D eigenvalue weighted by molar-refractivity contribution is 0.0516. The predicted octanol–water partition coefficient (Wildman–Crippen LogP) is 0.611. The SMILES string of the molecule is CCOC(=O)c1nncnc1CC. The maximum Gasteiger partial charge on any atom is 0.360 e. The van der Waals surface area contributed by atoms with Crippen molar-refractivity contribution in [1.29, 1.82) is 0 Å². The molecule has 0 aliphatic carbocycles. The molecule has 1 aromatic heterocycles. The van der Waals surface area contributed by atoms with Gasteiger partial charge < -0.3 is 4.74 Å². The van der Waals surface area contributed by atoms with Crippen LogP contribution in [0.15, 0.2) is 6.33 Å². The van der Waals surface area contributed by atoms with E-state index in [-0.39, 0.29) is 5.69 Å². The number of ether oxygens (including phenoxy) is 1. The van der Waals surface area contributed by atoms with E-state index in [1.54, 1.807) is 6.92 Å². The summed E-state index contributed by atoms with van der Waals surface area (Å²) in [6.45, 7) is 3.97. The van der Waals surface area contributed by atoms with E-state index in [4.69, 9.17) is 4.74 Å². The Morgan fingerprint density at radius 1 is 1.54 bits per heavy atom. The molecular formula is C8H11N3O2.